The van der Waals surface area contributed by atoms with Crippen molar-refractivity contribution in [3.05, 3.63) is 70.8 Å². The number of piperidine rings is 1. The van der Waals surface area contributed by atoms with Crippen LogP contribution in [0.4, 0.5) is 0 Å². The van der Waals surface area contributed by atoms with Gasteiger partial charge in [0.2, 0.25) is 5.91 Å². The number of rotatable bonds is 6. The molecule has 4 aromatic rings. The first-order valence-electron chi connectivity index (χ1n) is 12.1. The molecule has 0 unspecified atom stereocenters. The van der Waals surface area contributed by atoms with E-state index in [0.29, 0.717) is 30.2 Å². The molecule has 0 aliphatic carbocycles. The highest BCUT2D eigenvalue weighted by Gasteiger charge is 2.24. The molecule has 8 heteroatoms. The average molecular weight is 474 g/mol. The number of nitrogens with zero attached hydrogens (tertiary/aromatic N) is 7. The lowest BCUT2D eigenvalue weighted by molar-refractivity contribution is -0.132. The van der Waals surface area contributed by atoms with Gasteiger partial charge in [0.1, 0.15) is 0 Å². The van der Waals surface area contributed by atoms with E-state index in [9.17, 15) is 4.79 Å². The summed E-state index contributed by atoms with van der Waals surface area (Å²) < 4.78 is 3.57. The van der Waals surface area contributed by atoms with Gasteiger partial charge in [0.15, 0.2) is 17.3 Å². The summed E-state index contributed by atoms with van der Waals surface area (Å²) in [5.41, 5.74) is 5.18. The zero-order chi connectivity index (χ0) is 23.7. The van der Waals surface area contributed by atoms with Gasteiger partial charge in [-0.05, 0) is 75.6 Å². The minimum atomic E-state index is 0. The number of likely N-dealkylation sites (tertiary alicyclic amines) is 1. The van der Waals surface area contributed by atoms with Crippen LogP contribution < -0.4 is 0 Å². The van der Waals surface area contributed by atoms with Crippen LogP contribution in [0, 0.1) is 26.7 Å². The van der Waals surface area contributed by atoms with Crippen molar-refractivity contribution in [1.82, 2.24) is 34.5 Å². The number of aromatic nitrogens is 6. The molecule has 1 aliphatic heterocycles. The van der Waals surface area contributed by atoms with Crippen molar-refractivity contribution in [3.8, 4) is 5.82 Å². The van der Waals surface area contributed by atoms with Crippen LogP contribution in [0.15, 0.2) is 42.5 Å². The second-order valence-corrected chi connectivity index (χ2v) is 9.28. The molecule has 184 valence electrons. The van der Waals surface area contributed by atoms with Gasteiger partial charge in [0, 0.05) is 25.2 Å². The van der Waals surface area contributed by atoms with Crippen LogP contribution in [0.1, 0.15) is 55.0 Å². The van der Waals surface area contributed by atoms with Gasteiger partial charge in [-0.3, -0.25) is 4.79 Å². The first kappa shape index (κ1) is 24.6. The van der Waals surface area contributed by atoms with Crippen LogP contribution in [0.25, 0.3) is 11.5 Å². The van der Waals surface area contributed by atoms with E-state index in [1.165, 1.54) is 5.56 Å². The second-order valence-electron chi connectivity index (χ2n) is 9.28. The molecule has 0 spiro atoms. The molecule has 35 heavy (non-hydrogen) atoms. The fourth-order valence-electron chi connectivity index (χ4n) is 4.98. The lowest BCUT2D eigenvalue weighted by Gasteiger charge is -2.32. The molecule has 3 aromatic heterocycles. The van der Waals surface area contributed by atoms with E-state index in [1.54, 1.807) is 4.52 Å². The lowest BCUT2D eigenvalue weighted by Crippen LogP contribution is -2.39. The maximum atomic E-state index is 13.0. The maximum absolute atomic E-state index is 13.0. The van der Waals surface area contributed by atoms with Crippen molar-refractivity contribution in [3.63, 3.8) is 0 Å². The van der Waals surface area contributed by atoms with Crippen molar-refractivity contribution in [1.29, 1.82) is 0 Å². The van der Waals surface area contributed by atoms with E-state index in [4.69, 9.17) is 5.10 Å². The largest absolute Gasteiger partial charge is 0.343 e. The highest BCUT2D eigenvalue weighted by atomic mass is 16.2. The lowest BCUT2D eigenvalue weighted by atomic mass is 9.90. The summed E-state index contributed by atoms with van der Waals surface area (Å²) >= 11 is 0. The maximum Gasteiger partial charge on any atom is 0.222 e. The second kappa shape index (κ2) is 10.4. The van der Waals surface area contributed by atoms with Crippen molar-refractivity contribution in [2.75, 3.05) is 13.1 Å². The van der Waals surface area contributed by atoms with Crippen LogP contribution >= 0.6 is 0 Å². The van der Waals surface area contributed by atoms with Gasteiger partial charge in [0.25, 0.3) is 0 Å². The predicted molar refractivity (Wildman–Crippen MR) is 137 cm³/mol. The minimum absolute atomic E-state index is 0. The molecule has 0 saturated carbocycles. The molecule has 5 rings (SSSR count). The third-order valence-electron chi connectivity index (χ3n) is 6.99. The summed E-state index contributed by atoms with van der Waals surface area (Å²) in [5, 5.41) is 17.5. The van der Waals surface area contributed by atoms with Crippen molar-refractivity contribution in [2.45, 2.75) is 60.3 Å². The molecule has 0 radical (unpaired) electrons. The summed E-state index contributed by atoms with van der Waals surface area (Å²) in [6, 6.07) is 14.5. The number of amides is 1. The molecule has 1 saturated heterocycles. The Labute approximate surface area is 207 Å². The van der Waals surface area contributed by atoms with E-state index in [1.807, 2.05) is 42.5 Å². The Kier molecular flexibility index (Phi) is 7.28. The SMILES string of the molecule is C.Cc1nn(-c2ccc3nnc(C)n3n2)c(C)c1CCC(=O)N1CCC(Cc2ccccc2)CC1. The third kappa shape index (κ3) is 5.11. The molecule has 1 amide bonds. The monoisotopic (exact) mass is 473 g/mol. The fraction of sp³-hybridized carbons (Fsp3) is 0.444. The van der Waals surface area contributed by atoms with Gasteiger partial charge in [0.05, 0.1) is 5.69 Å². The van der Waals surface area contributed by atoms with Gasteiger partial charge >= 0.3 is 0 Å². The molecular weight excluding hydrogens is 438 g/mol. The van der Waals surface area contributed by atoms with E-state index in [-0.39, 0.29) is 13.3 Å². The van der Waals surface area contributed by atoms with Crippen LogP contribution in [-0.4, -0.2) is 53.5 Å². The van der Waals surface area contributed by atoms with Crippen LogP contribution in [-0.2, 0) is 17.6 Å². The normalized spacial score (nSPS) is 14.3. The quantitative estimate of drug-likeness (QED) is 0.417. The Morgan fingerprint density at radius 2 is 1.71 bits per heavy atom. The van der Waals surface area contributed by atoms with Crippen molar-refractivity contribution >= 4 is 11.6 Å². The Balaban J connectivity index is 0.00000289. The summed E-state index contributed by atoms with van der Waals surface area (Å²) in [7, 11) is 0. The molecule has 0 atom stereocenters. The first-order valence-corrected chi connectivity index (χ1v) is 12.1. The number of hydrogen-bond acceptors (Lipinski definition) is 5. The summed E-state index contributed by atoms with van der Waals surface area (Å²) in [5.74, 6) is 2.35. The van der Waals surface area contributed by atoms with Gasteiger partial charge in [-0.2, -0.15) is 9.61 Å². The smallest absolute Gasteiger partial charge is 0.222 e. The van der Waals surface area contributed by atoms with E-state index >= 15 is 0 Å². The topological polar surface area (TPSA) is 81.2 Å². The number of aryl methyl sites for hydroxylation is 2. The zero-order valence-corrected chi connectivity index (χ0v) is 20.1. The number of carbonyl (C=O) groups excluding carboxylic acids is 1. The highest BCUT2D eigenvalue weighted by Crippen LogP contribution is 2.23. The van der Waals surface area contributed by atoms with Crippen molar-refractivity contribution < 1.29 is 4.79 Å². The van der Waals surface area contributed by atoms with Crippen LogP contribution in [0.5, 0.6) is 0 Å². The number of fused-ring (bicyclic) bond motifs is 1. The first-order chi connectivity index (χ1) is 16.5. The summed E-state index contributed by atoms with van der Waals surface area (Å²) in [4.78, 5) is 15.0. The summed E-state index contributed by atoms with van der Waals surface area (Å²) in [6.07, 6.45) is 4.46. The van der Waals surface area contributed by atoms with E-state index in [0.717, 1.165) is 55.1 Å². The Hall–Kier alpha value is -3.55. The zero-order valence-electron chi connectivity index (χ0n) is 20.1. The van der Waals surface area contributed by atoms with Gasteiger partial charge < -0.3 is 4.90 Å². The highest BCUT2D eigenvalue weighted by molar-refractivity contribution is 5.76. The Morgan fingerprint density at radius 3 is 2.46 bits per heavy atom. The number of benzene rings is 1. The van der Waals surface area contributed by atoms with Gasteiger partial charge in [-0.1, -0.05) is 37.8 Å². The third-order valence-corrected chi connectivity index (χ3v) is 6.99. The van der Waals surface area contributed by atoms with Crippen LogP contribution in [0.2, 0.25) is 0 Å². The molecule has 1 aliphatic rings. The molecule has 1 fully saturated rings. The standard InChI is InChI=1S/C26H31N7O.CH4/c1-18-23(19(2)32(29-18)25-11-10-24-28-27-20(3)33(24)30-25)9-12-26(34)31-15-13-22(14-16-31)17-21-7-5-4-6-8-21;/h4-8,10-11,22H,9,12-17H2,1-3H3;1H4. The number of hydrogen-bond donors (Lipinski definition) is 0. The Bertz CT molecular complexity index is 1300. The molecular formula is C27H35N7O. The van der Waals surface area contributed by atoms with Crippen molar-refractivity contribution in [2.24, 2.45) is 5.92 Å². The number of carbonyl (C=O) groups is 1. The fourth-order valence-corrected chi connectivity index (χ4v) is 4.98. The molecule has 4 heterocycles. The minimum Gasteiger partial charge on any atom is -0.343 e. The van der Waals surface area contributed by atoms with Crippen LogP contribution in [0.3, 0.4) is 0 Å². The van der Waals surface area contributed by atoms with E-state index < -0.39 is 0 Å². The molecule has 1 aromatic carbocycles. The molecule has 8 nitrogen and oxygen atoms in total. The molecule has 0 N–H and O–H groups in total. The van der Waals surface area contributed by atoms with Gasteiger partial charge in [-0.15, -0.1) is 15.3 Å². The Morgan fingerprint density at radius 1 is 0.971 bits per heavy atom. The average Bonchev–Trinajstić information content (AvgIpc) is 3.37. The van der Waals surface area contributed by atoms with Gasteiger partial charge in [-0.25, -0.2) is 4.68 Å². The van der Waals surface area contributed by atoms with E-state index in [2.05, 4.69) is 45.6 Å². The predicted octanol–water partition coefficient (Wildman–Crippen LogP) is 4.29. The molecule has 0 bridgehead atoms. The summed E-state index contributed by atoms with van der Waals surface area (Å²) in [6.45, 7) is 7.63.